The molecule has 0 saturated carbocycles. The van der Waals surface area contributed by atoms with Crippen molar-refractivity contribution in [3.05, 3.63) is 66.2 Å². The zero-order chi connectivity index (χ0) is 19.9. The molecule has 0 spiro atoms. The molecule has 0 unspecified atom stereocenters. The van der Waals surface area contributed by atoms with Crippen molar-refractivity contribution in [1.29, 1.82) is 0 Å². The van der Waals surface area contributed by atoms with Gasteiger partial charge in [-0.25, -0.2) is 0 Å². The van der Waals surface area contributed by atoms with Crippen LogP contribution in [0.2, 0.25) is 0 Å². The van der Waals surface area contributed by atoms with Crippen LogP contribution in [0.3, 0.4) is 0 Å². The molecule has 1 N–H and O–H groups in total. The highest BCUT2D eigenvalue weighted by atomic mass is 127. The molecule has 2 aliphatic rings. The van der Waals surface area contributed by atoms with E-state index in [1.165, 1.54) is 11.3 Å². The second kappa shape index (κ2) is 11.0. The molecule has 2 aliphatic heterocycles. The van der Waals surface area contributed by atoms with Crippen LogP contribution in [0.15, 0.2) is 65.7 Å². The van der Waals surface area contributed by atoms with Crippen molar-refractivity contribution in [2.45, 2.75) is 18.3 Å². The maximum absolute atomic E-state index is 5.68. The van der Waals surface area contributed by atoms with E-state index in [0.29, 0.717) is 0 Å². The van der Waals surface area contributed by atoms with Crippen molar-refractivity contribution in [2.24, 2.45) is 4.99 Å². The molecule has 4 rings (SSSR count). The van der Waals surface area contributed by atoms with Gasteiger partial charge < -0.3 is 19.9 Å². The normalized spacial score (nSPS) is 19.2. The number of hydrogen-bond donors (Lipinski definition) is 1. The molecule has 0 aliphatic carbocycles. The fourth-order valence-corrected chi connectivity index (χ4v) is 4.52. The highest BCUT2D eigenvalue weighted by molar-refractivity contribution is 14.0. The quantitative estimate of drug-likeness (QED) is 0.379. The van der Waals surface area contributed by atoms with Gasteiger partial charge in [-0.2, -0.15) is 0 Å². The first kappa shape index (κ1) is 22.9. The first-order valence-corrected chi connectivity index (χ1v) is 10.7. The molecule has 0 amide bonds. The number of ether oxygens (including phenoxy) is 1. The molecule has 2 fully saturated rings. The average molecular weight is 520 g/mol. The summed E-state index contributed by atoms with van der Waals surface area (Å²) in [6.07, 6.45) is 2.09. The van der Waals surface area contributed by atoms with Crippen molar-refractivity contribution in [2.75, 3.05) is 57.9 Å². The Bertz CT molecular complexity index is 785. The molecule has 5 nitrogen and oxygen atoms in total. The van der Waals surface area contributed by atoms with Crippen LogP contribution >= 0.6 is 24.0 Å². The Morgan fingerprint density at radius 3 is 2.13 bits per heavy atom. The van der Waals surface area contributed by atoms with Crippen molar-refractivity contribution in [3.8, 4) is 0 Å². The van der Waals surface area contributed by atoms with Crippen molar-refractivity contribution >= 4 is 35.6 Å². The number of halogens is 1. The molecule has 0 radical (unpaired) electrons. The molecule has 0 aromatic heterocycles. The zero-order valence-corrected chi connectivity index (χ0v) is 20.1. The third-order valence-electron chi connectivity index (χ3n) is 6.33. The van der Waals surface area contributed by atoms with Crippen LogP contribution in [0.1, 0.15) is 18.4 Å². The van der Waals surface area contributed by atoms with Crippen LogP contribution in [0.5, 0.6) is 0 Å². The van der Waals surface area contributed by atoms with Crippen LogP contribution in [0, 0.1) is 0 Å². The maximum atomic E-state index is 5.68. The number of nitrogens with zero attached hydrogens (tertiary/aromatic N) is 3. The summed E-state index contributed by atoms with van der Waals surface area (Å²) in [6.45, 7) is 6.54. The molecule has 0 bridgehead atoms. The fraction of sp³-hybridized carbons (Fsp3) is 0.458. The molecule has 2 aromatic carbocycles. The molecule has 2 aromatic rings. The molecule has 6 heteroatoms. The Labute approximate surface area is 197 Å². The van der Waals surface area contributed by atoms with E-state index in [-0.39, 0.29) is 29.4 Å². The lowest BCUT2D eigenvalue weighted by Crippen LogP contribution is -2.55. The highest BCUT2D eigenvalue weighted by Crippen LogP contribution is 2.34. The van der Waals surface area contributed by atoms with Gasteiger partial charge in [-0.1, -0.05) is 48.5 Å². The summed E-state index contributed by atoms with van der Waals surface area (Å²) in [6, 6.07) is 21.6. The lowest BCUT2D eigenvalue weighted by atomic mass is 9.74. The molecule has 2 heterocycles. The number of nitrogens with one attached hydrogen (secondary N) is 1. The van der Waals surface area contributed by atoms with Crippen molar-refractivity contribution in [1.82, 2.24) is 10.2 Å². The average Bonchev–Trinajstić information content (AvgIpc) is 2.82. The van der Waals surface area contributed by atoms with Crippen LogP contribution in [0.25, 0.3) is 0 Å². The highest BCUT2D eigenvalue weighted by Gasteiger charge is 2.35. The van der Waals surface area contributed by atoms with E-state index >= 15 is 0 Å². The predicted molar refractivity (Wildman–Crippen MR) is 135 cm³/mol. The van der Waals surface area contributed by atoms with E-state index in [1.807, 2.05) is 7.05 Å². The number of rotatable bonds is 4. The minimum atomic E-state index is 0. The van der Waals surface area contributed by atoms with Gasteiger partial charge in [0.05, 0.1) is 0 Å². The van der Waals surface area contributed by atoms with E-state index in [2.05, 4.69) is 80.8 Å². The predicted octanol–water partition coefficient (Wildman–Crippen LogP) is 3.75. The summed E-state index contributed by atoms with van der Waals surface area (Å²) in [5.74, 6) is 1.01. The van der Waals surface area contributed by atoms with Crippen LogP contribution < -0.4 is 10.2 Å². The molecule has 30 heavy (non-hydrogen) atoms. The topological polar surface area (TPSA) is 40.1 Å². The first-order valence-electron chi connectivity index (χ1n) is 10.7. The number of para-hydroxylation sites is 1. The van der Waals surface area contributed by atoms with Crippen LogP contribution in [-0.4, -0.2) is 63.8 Å². The number of hydrogen-bond acceptors (Lipinski definition) is 3. The van der Waals surface area contributed by atoms with Gasteiger partial charge in [0.2, 0.25) is 0 Å². The molecule has 162 valence electrons. The standard InChI is InChI=1S/C24H32N4O.HI/c1-25-23(28-16-14-27(15-17-28)22-10-6-3-7-11-22)26-20-24(12-18-29-19-13-24)21-8-4-2-5-9-21;/h2-11H,12-20H2,1H3,(H,25,26);1H. The Morgan fingerprint density at radius 1 is 0.933 bits per heavy atom. The van der Waals surface area contributed by atoms with Gasteiger partial charge in [-0.05, 0) is 30.5 Å². The monoisotopic (exact) mass is 520 g/mol. The third-order valence-corrected chi connectivity index (χ3v) is 6.33. The third kappa shape index (κ3) is 5.27. The van der Waals surface area contributed by atoms with Crippen LogP contribution in [0.4, 0.5) is 5.69 Å². The summed E-state index contributed by atoms with van der Waals surface area (Å²) in [7, 11) is 1.89. The number of aliphatic imine (C=N–C) groups is 1. The summed E-state index contributed by atoms with van der Waals surface area (Å²) in [5.41, 5.74) is 2.82. The summed E-state index contributed by atoms with van der Waals surface area (Å²) >= 11 is 0. The van der Waals surface area contributed by atoms with Gasteiger partial charge in [0.15, 0.2) is 5.96 Å². The molecular formula is C24H33IN4O. The summed E-state index contributed by atoms with van der Waals surface area (Å²) < 4.78 is 5.68. The van der Waals surface area contributed by atoms with Gasteiger partial charge >= 0.3 is 0 Å². The largest absolute Gasteiger partial charge is 0.381 e. The Morgan fingerprint density at radius 2 is 1.53 bits per heavy atom. The van der Waals surface area contributed by atoms with Gasteiger partial charge in [-0.3, -0.25) is 4.99 Å². The smallest absolute Gasteiger partial charge is 0.193 e. The van der Waals surface area contributed by atoms with E-state index < -0.39 is 0 Å². The minimum absolute atomic E-state index is 0. The fourth-order valence-electron chi connectivity index (χ4n) is 4.52. The molecule has 2 saturated heterocycles. The lowest BCUT2D eigenvalue weighted by Gasteiger charge is -2.41. The second-order valence-corrected chi connectivity index (χ2v) is 7.97. The van der Waals surface area contributed by atoms with E-state index in [1.54, 1.807) is 0 Å². The van der Waals surface area contributed by atoms with Gasteiger partial charge in [-0.15, -0.1) is 24.0 Å². The summed E-state index contributed by atoms with van der Waals surface area (Å²) in [5, 5.41) is 3.70. The number of anilines is 1. The SMILES string of the molecule is CN=C(NCC1(c2ccccc2)CCOCC1)N1CCN(c2ccccc2)CC1.I. The van der Waals surface area contributed by atoms with Gasteiger partial charge in [0.1, 0.15) is 0 Å². The van der Waals surface area contributed by atoms with Crippen LogP contribution in [-0.2, 0) is 10.2 Å². The molecular weight excluding hydrogens is 487 g/mol. The number of benzene rings is 2. The van der Waals surface area contributed by atoms with E-state index in [9.17, 15) is 0 Å². The van der Waals surface area contributed by atoms with Gasteiger partial charge in [0, 0.05) is 64.1 Å². The maximum Gasteiger partial charge on any atom is 0.193 e. The van der Waals surface area contributed by atoms with Crippen molar-refractivity contribution < 1.29 is 4.74 Å². The zero-order valence-electron chi connectivity index (χ0n) is 17.8. The minimum Gasteiger partial charge on any atom is -0.381 e. The summed E-state index contributed by atoms with van der Waals surface area (Å²) in [4.78, 5) is 9.44. The first-order chi connectivity index (χ1) is 14.3. The Kier molecular flexibility index (Phi) is 8.39. The molecule has 0 atom stereocenters. The Balaban J connectivity index is 0.00000256. The van der Waals surface area contributed by atoms with E-state index in [0.717, 1.165) is 64.7 Å². The van der Waals surface area contributed by atoms with Gasteiger partial charge in [0.25, 0.3) is 0 Å². The number of guanidine groups is 1. The van der Waals surface area contributed by atoms with Crippen molar-refractivity contribution in [3.63, 3.8) is 0 Å². The van der Waals surface area contributed by atoms with E-state index in [4.69, 9.17) is 4.74 Å². The second-order valence-electron chi connectivity index (χ2n) is 7.97. The Hall–Kier alpha value is -1.80. The number of piperazine rings is 1. The lowest BCUT2D eigenvalue weighted by molar-refractivity contribution is 0.0511.